The fraction of sp³-hybridized carbons (Fsp3) is 0.111. The van der Waals surface area contributed by atoms with Crippen molar-refractivity contribution in [3.8, 4) is 5.75 Å². The van der Waals surface area contributed by atoms with Crippen molar-refractivity contribution in [2.45, 2.75) is 0 Å². The second-order valence-electron chi connectivity index (χ2n) is 2.73. The molecule has 0 aromatic heterocycles. The van der Waals surface area contributed by atoms with Crippen LogP contribution in [0, 0.1) is 5.82 Å². The highest BCUT2D eigenvalue weighted by molar-refractivity contribution is 7.80. The molecule has 0 atom stereocenters. The minimum Gasteiger partial charge on any atom is -0.483 e. The monoisotopic (exact) mass is 228 g/mol. The van der Waals surface area contributed by atoms with E-state index in [-0.39, 0.29) is 22.9 Å². The van der Waals surface area contributed by atoms with Crippen molar-refractivity contribution in [3.63, 3.8) is 0 Å². The van der Waals surface area contributed by atoms with Crippen molar-refractivity contribution < 1.29 is 13.9 Å². The topological polar surface area (TPSA) is 78.3 Å². The minimum absolute atomic E-state index is 0.0197. The number of rotatable bonds is 4. The number of halogens is 1. The lowest BCUT2D eigenvalue weighted by Gasteiger charge is -2.09. The largest absolute Gasteiger partial charge is 0.483 e. The number of nitrogens with two attached hydrogens (primary N) is 2. The third kappa shape index (κ3) is 2.88. The molecule has 0 spiro atoms. The first-order valence-electron chi connectivity index (χ1n) is 4.01. The van der Waals surface area contributed by atoms with E-state index in [1.807, 2.05) is 0 Å². The molecule has 1 rings (SSSR count). The average molecular weight is 228 g/mol. The van der Waals surface area contributed by atoms with Crippen molar-refractivity contribution >= 4 is 23.1 Å². The first-order valence-corrected chi connectivity index (χ1v) is 4.42. The molecule has 4 N–H and O–H groups in total. The summed E-state index contributed by atoms with van der Waals surface area (Å²) in [4.78, 5) is 10.3. The summed E-state index contributed by atoms with van der Waals surface area (Å²) in [6, 6.07) is 4.08. The number of carbonyl (C=O) groups excluding carboxylic acids is 1. The number of thiocarbonyl (C=S) groups is 1. The van der Waals surface area contributed by atoms with Crippen LogP contribution < -0.4 is 16.2 Å². The molecule has 80 valence electrons. The Balaban J connectivity index is 3.01. The van der Waals surface area contributed by atoms with Crippen molar-refractivity contribution in [1.29, 1.82) is 0 Å². The first kappa shape index (κ1) is 11.4. The summed E-state index contributed by atoms with van der Waals surface area (Å²) in [5, 5.41) is 0. The second kappa shape index (κ2) is 4.70. The Hall–Kier alpha value is -1.69. The van der Waals surface area contributed by atoms with Crippen LogP contribution in [0.5, 0.6) is 5.75 Å². The molecule has 1 aromatic rings. The molecule has 0 aliphatic heterocycles. The van der Waals surface area contributed by atoms with Crippen molar-refractivity contribution in [1.82, 2.24) is 0 Å². The van der Waals surface area contributed by atoms with E-state index in [1.54, 1.807) is 0 Å². The van der Waals surface area contributed by atoms with Crippen LogP contribution in [0.3, 0.4) is 0 Å². The zero-order valence-electron chi connectivity index (χ0n) is 7.70. The van der Waals surface area contributed by atoms with Gasteiger partial charge in [0.2, 0.25) is 0 Å². The summed E-state index contributed by atoms with van der Waals surface area (Å²) in [7, 11) is 0. The fourth-order valence-corrected chi connectivity index (χ4v) is 1.21. The molecular formula is C9H9FN2O2S. The zero-order chi connectivity index (χ0) is 11.4. The zero-order valence-corrected chi connectivity index (χ0v) is 8.51. The Kier molecular flexibility index (Phi) is 3.56. The first-order chi connectivity index (χ1) is 7.02. The average Bonchev–Trinajstić information content (AvgIpc) is 2.13. The van der Waals surface area contributed by atoms with Gasteiger partial charge in [-0.2, -0.15) is 0 Å². The SMILES string of the molecule is NC(=O)COc1cccc(F)c1C(N)=S. The highest BCUT2D eigenvalue weighted by Gasteiger charge is 2.12. The van der Waals surface area contributed by atoms with Crippen molar-refractivity contribution in [2.75, 3.05) is 6.61 Å². The van der Waals surface area contributed by atoms with Crippen LogP contribution in [0.2, 0.25) is 0 Å². The summed E-state index contributed by atoms with van der Waals surface area (Å²) in [6.45, 7) is -0.348. The van der Waals surface area contributed by atoms with E-state index in [4.69, 9.17) is 16.2 Å². The molecular weight excluding hydrogens is 219 g/mol. The number of ether oxygens (including phenoxy) is 1. The molecule has 0 saturated heterocycles. The number of hydrogen-bond donors (Lipinski definition) is 2. The third-order valence-corrected chi connectivity index (χ3v) is 1.80. The third-order valence-electron chi connectivity index (χ3n) is 1.59. The normalized spacial score (nSPS) is 9.67. The van der Waals surface area contributed by atoms with Crippen LogP contribution in [0.25, 0.3) is 0 Å². The van der Waals surface area contributed by atoms with Crippen molar-refractivity contribution in [2.24, 2.45) is 11.5 Å². The van der Waals surface area contributed by atoms with Gasteiger partial charge in [0.1, 0.15) is 16.6 Å². The molecule has 1 aromatic carbocycles. The molecule has 6 heteroatoms. The van der Waals surface area contributed by atoms with Gasteiger partial charge < -0.3 is 16.2 Å². The van der Waals surface area contributed by atoms with Crippen LogP contribution in [-0.4, -0.2) is 17.5 Å². The standard InChI is InChI=1S/C9H9FN2O2S/c10-5-2-1-3-6(8(5)9(12)15)14-4-7(11)13/h1-3H,4H2,(H2,11,13)(H2,12,15). The van der Waals surface area contributed by atoms with E-state index in [1.165, 1.54) is 18.2 Å². The Bertz CT molecular complexity index is 409. The number of amides is 1. The van der Waals surface area contributed by atoms with Gasteiger partial charge in [0.25, 0.3) is 5.91 Å². The highest BCUT2D eigenvalue weighted by atomic mass is 32.1. The van der Waals surface area contributed by atoms with Crippen LogP contribution in [0.4, 0.5) is 4.39 Å². The van der Waals surface area contributed by atoms with Crippen LogP contribution in [-0.2, 0) is 4.79 Å². The molecule has 0 saturated carbocycles. The van der Waals surface area contributed by atoms with Gasteiger partial charge in [-0.25, -0.2) is 4.39 Å². The molecule has 0 heterocycles. The molecule has 0 bridgehead atoms. The quantitative estimate of drug-likeness (QED) is 0.728. The minimum atomic E-state index is -0.659. The summed E-state index contributed by atoms with van der Waals surface area (Å²) in [5.74, 6) is -1.14. The maximum Gasteiger partial charge on any atom is 0.255 e. The summed E-state index contributed by atoms with van der Waals surface area (Å²) < 4.78 is 18.2. The predicted molar refractivity (Wildman–Crippen MR) is 57.0 cm³/mol. The number of carbonyl (C=O) groups is 1. The summed E-state index contributed by atoms with van der Waals surface area (Å²) in [5.41, 5.74) is 10.2. The van der Waals surface area contributed by atoms with Crippen LogP contribution in [0.1, 0.15) is 5.56 Å². The lowest BCUT2D eigenvalue weighted by atomic mass is 10.2. The van der Waals surface area contributed by atoms with Crippen molar-refractivity contribution in [3.05, 3.63) is 29.6 Å². The van der Waals surface area contributed by atoms with E-state index in [9.17, 15) is 9.18 Å². The molecule has 0 aliphatic carbocycles. The van der Waals surface area contributed by atoms with Crippen LogP contribution >= 0.6 is 12.2 Å². The Morgan fingerprint density at radius 1 is 1.47 bits per heavy atom. The van der Waals surface area contributed by atoms with Crippen LogP contribution in [0.15, 0.2) is 18.2 Å². The second-order valence-corrected chi connectivity index (χ2v) is 3.17. The van der Waals surface area contributed by atoms with E-state index >= 15 is 0 Å². The Labute approximate surface area is 91.0 Å². The molecule has 0 aliphatic rings. The summed E-state index contributed by atoms with van der Waals surface area (Å²) in [6.07, 6.45) is 0. The van der Waals surface area contributed by atoms with Gasteiger partial charge in [-0.15, -0.1) is 0 Å². The van der Waals surface area contributed by atoms with Gasteiger partial charge in [0.15, 0.2) is 6.61 Å². The lowest BCUT2D eigenvalue weighted by Crippen LogP contribution is -2.22. The maximum atomic E-state index is 13.3. The van der Waals surface area contributed by atoms with Gasteiger partial charge in [-0.3, -0.25) is 4.79 Å². The number of primary amides is 1. The highest BCUT2D eigenvalue weighted by Crippen LogP contribution is 2.21. The predicted octanol–water partition coefficient (Wildman–Crippen LogP) is 0.324. The Morgan fingerprint density at radius 2 is 2.13 bits per heavy atom. The number of hydrogen-bond acceptors (Lipinski definition) is 3. The van der Waals surface area contributed by atoms with E-state index in [0.29, 0.717) is 0 Å². The van der Waals surface area contributed by atoms with E-state index < -0.39 is 11.7 Å². The Morgan fingerprint density at radius 3 is 2.67 bits per heavy atom. The summed E-state index contributed by atoms with van der Waals surface area (Å²) >= 11 is 4.66. The molecule has 1 amide bonds. The molecule has 15 heavy (non-hydrogen) atoms. The smallest absolute Gasteiger partial charge is 0.255 e. The van der Waals surface area contributed by atoms with Gasteiger partial charge in [0.05, 0.1) is 5.56 Å². The maximum absolute atomic E-state index is 13.3. The molecule has 0 radical (unpaired) electrons. The van der Waals surface area contributed by atoms with E-state index in [0.717, 1.165) is 0 Å². The van der Waals surface area contributed by atoms with Gasteiger partial charge in [-0.05, 0) is 12.1 Å². The molecule has 0 fully saturated rings. The molecule has 4 nitrogen and oxygen atoms in total. The number of benzene rings is 1. The lowest BCUT2D eigenvalue weighted by molar-refractivity contribution is -0.119. The van der Waals surface area contributed by atoms with E-state index in [2.05, 4.69) is 12.2 Å². The van der Waals surface area contributed by atoms with Gasteiger partial charge >= 0.3 is 0 Å². The van der Waals surface area contributed by atoms with Gasteiger partial charge in [-0.1, -0.05) is 18.3 Å². The van der Waals surface area contributed by atoms with Gasteiger partial charge in [0, 0.05) is 0 Å². The fourth-order valence-electron chi connectivity index (χ4n) is 1.01. The molecule has 0 unspecified atom stereocenters.